The van der Waals surface area contributed by atoms with E-state index in [4.69, 9.17) is 9.47 Å². The fourth-order valence-electron chi connectivity index (χ4n) is 2.05. The van der Waals surface area contributed by atoms with E-state index in [0.29, 0.717) is 17.1 Å². The average molecular weight is 377 g/mol. The van der Waals surface area contributed by atoms with Gasteiger partial charge in [0.15, 0.2) is 11.5 Å². The summed E-state index contributed by atoms with van der Waals surface area (Å²) in [5.41, 5.74) is 4.13. The summed E-state index contributed by atoms with van der Waals surface area (Å²) in [6, 6.07) is 13.1. The Bertz CT molecular complexity index is 702. The van der Waals surface area contributed by atoms with Crippen LogP contribution in [-0.4, -0.2) is 26.3 Å². The maximum Gasteiger partial charge on any atom is 0.244 e. The molecule has 120 valence electrons. The number of carbonyl (C=O) groups is 1. The second-order valence-electron chi connectivity index (χ2n) is 4.69. The van der Waals surface area contributed by atoms with Crippen LogP contribution in [0.25, 0.3) is 0 Å². The van der Waals surface area contributed by atoms with Gasteiger partial charge in [0.25, 0.3) is 0 Å². The number of nitrogens with zero attached hydrogens (tertiary/aromatic N) is 1. The summed E-state index contributed by atoms with van der Waals surface area (Å²) in [6.07, 6.45) is 1.80. The van der Waals surface area contributed by atoms with Gasteiger partial charge in [-0.25, -0.2) is 5.43 Å². The lowest BCUT2D eigenvalue weighted by molar-refractivity contribution is -0.120. The van der Waals surface area contributed by atoms with Gasteiger partial charge >= 0.3 is 0 Å². The van der Waals surface area contributed by atoms with Gasteiger partial charge < -0.3 is 9.47 Å². The molecule has 0 aliphatic carbocycles. The SMILES string of the molecule is COc1cc(Br)cc(/C=N\NC(=O)Cc2ccccc2)c1OC. The molecule has 0 aliphatic rings. The van der Waals surface area contributed by atoms with Crippen molar-refractivity contribution in [3.63, 3.8) is 0 Å². The molecular formula is C17H17BrN2O3. The van der Waals surface area contributed by atoms with Gasteiger partial charge in [-0.2, -0.15) is 5.10 Å². The molecule has 2 rings (SSSR count). The zero-order chi connectivity index (χ0) is 16.7. The molecule has 6 heteroatoms. The van der Waals surface area contributed by atoms with Crippen molar-refractivity contribution in [2.24, 2.45) is 5.10 Å². The first-order valence-corrected chi connectivity index (χ1v) is 7.70. The van der Waals surface area contributed by atoms with Gasteiger partial charge in [0.1, 0.15) is 0 Å². The van der Waals surface area contributed by atoms with Crippen LogP contribution in [0.3, 0.4) is 0 Å². The number of ether oxygens (including phenoxy) is 2. The Morgan fingerprint density at radius 2 is 1.96 bits per heavy atom. The molecule has 1 N–H and O–H groups in total. The lowest BCUT2D eigenvalue weighted by Crippen LogP contribution is -2.19. The monoisotopic (exact) mass is 376 g/mol. The number of rotatable bonds is 6. The number of halogens is 1. The zero-order valence-corrected chi connectivity index (χ0v) is 14.5. The van der Waals surface area contributed by atoms with Crippen LogP contribution >= 0.6 is 15.9 Å². The van der Waals surface area contributed by atoms with Crippen molar-refractivity contribution in [3.05, 3.63) is 58.1 Å². The van der Waals surface area contributed by atoms with Crippen molar-refractivity contribution in [2.45, 2.75) is 6.42 Å². The Balaban J connectivity index is 2.05. The third-order valence-electron chi connectivity index (χ3n) is 3.07. The molecule has 5 nitrogen and oxygen atoms in total. The summed E-state index contributed by atoms with van der Waals surface area (Å²) in [5, 5.41) is 3.98. The predicted molar refractivity (Wildman–Crippen MR) is 93.1 cm³/mol. The summed E-state index contributed by atoms with van der Waals surface area (Å²) >= 11 is 3.40. The summed E-state index contributed by atoms with van der Waals surface area (Å²) in [6.45, 7) is 0. The Kier molecular flexibility index (Phi) is 6.17. The fourth-order valence-corrected chi connectivity index (χ4v) is 2.50. The normalized spacial score (nSPS) is 10.6. The number of amides is 1. The summed E-state index contributed by atoms with van der Waals surface area (Å²) < 4.78 is 11.4. The molecule has 0 aliphatic heterocycles. The second-order valence-corrected chi connectivity index (χ2v) is 5.60. The van der Waals surface area contributed by atoms with Gasteiger partial charge in [0.05, 0.1) is 26.9 Å². The Hall–Kier alpha value is -2.34. The zero-order valence-electron chi connectivity index (χ0n) is 12.9. The maximum atomic E-state index is 11.9. The third-order valence-corrected chi connectivity index (χ3v) is 3.53. The number of hydrogen-bond donors (Lipinski definition) is 1. The summed E-state index contributed by atoms with van der Waals surface area (Å²) in [4.78, 5) is 11.9. The molecule has 1 amide bonds. The molecule has 0 spiro atoms. The minimum atomic E-state index is -0.187. The lowest BCUT2D eigenvalue weighted by atomic mass is 10.1. The van der Waals surface area contributed by atoms with Gasteiger partial charge in [-0.3, -0.25) is 4.79 Å². The molecule has 0 aromatic heterocycles. The van der Waals surface area contributed by atoms with Crippen LogP contribution in [0.15, 0.2) is 52.0 Å². The molecule has 0 radical (unpaired) electrons. The predicted octanol–water partition coefficient (Wildman–Crippen LogP) is 3.16. The summed E-state index contributed by atoms with van der Waals surface area (Å²) in [5.74, 6) is 0.948. The Morgan fingerprint density at radius 3 is 2.61 bits per heavy atom. The van der Waals surface area contributed by atoms with Crippen LogP contribution in [0.4, 0.5) is 0 Å². The van der Waals surface area contributed by atoms with Crippen LogP contribution in [0.1, 0.15) is 11.1 Å². The van der Waals surface area contributed by atoms with Gasteiger partial charge in [-0.15, -0.1) is 0 Å². The van der Waals surface area contributed by atoms with E-state index in [-0.39, 0.29) is 12.3 Å². The third kappa shape index (κ3) is 4.82. The van der Waals surface area contributed by atoms with Crippen molar-refractivity contribution < 1.29 is 14.3 Å². The van der Waals surface area contributed by atoms with Crippen LogP contribution in [0, 0.1) is 0 Å². The number of hydrazone groups is 1. The number of nitrogens with one attached hydrogen (secondary N) is 1. The maximum absolute atomic E-state index is 11.9. The molecule has 0 saturated heterocycles. The van der Waals surface area contributed by atoms with E-state index in [9.17, 15) is 4.79 Å². The van der Waals surface area contributed by atoms with Gasteiger partial charge in [0.2, 0.25) is 5.91 Å². The molecule has 23 heavy (non-hydrogen) atoms. The largest absolute Gasteiger partial charge is 0.493 e. The van der Waals surface area contributed by atoms with E-state index in [1.807, 2.05) is 36.4 Å². The molecule has 0 fully saturated rings. The van der Waals surface area contributed by atoms with Crippen LogP contribution in [0.5, 0.6) is 11.5 Å². The van der Waals surface area contributed by atoms with Crippen molar-refractivity contribution in [3.8, 4) is 11.5 Å². The molecule has 0 saturated carbocycles. The van der Waals surface area contributed by atoms with Crippen LogP contribution in [-0.2, 0) is 11.2 Å². The van der Waals surface area contributed by atoms with Crippen molar-refractivity contribution in [1.29, 1.82) is 0 Å². The van der Waals surface area contributed by atoms with Crippen molar-refractivity contribution in [2.75, 3.05) is 14.2 Å². The van der Waals surface area contributed by atoms with E-state index >= 15 is 0 Å². The van der Waals surface area contributed by atoms with Gasteiger partial charge in [-0.05, 0) is 17.7 Å². The summed E-state index contributed by atoms with van der Waals surface area (Å²) in [7, 11) is 3.12. The molecule has 0 bridgehead atoms. The van der Waals surface area contributed by atoms with Crippen LogP contribution in [0.2, 0.25) is 0 Å². The van der Waals surface area contributed by atoms with Crippen molar-refractivity contribution >= 4 is 28.1 Å². The van der Waals surface area contributed by atoms with E-state index in [0.717, 1.165) is 10.0 Å². The van der Waals surface area contributed by atoms with E-state index in [1.54, 1.807) is 20.3 Å². The number of hydrogen-bond acceptors (Lipinski definition) is 4. The first-order valence-electron chi connectivity index (χ1n) is 6.91. The Morgan fingerprint density at radius 1 is 1.22 bits per heavy atom. The second kappa shape index (κ2) is 8.33. The average Bonchev–Trinajstić information content (AvgIpc) is 2.55. The van der Waals surface area contributed by atoms with Gasteiger partial charge in [-0.1, -0.05) is 46.3 Å². The number of benzene rings is 2. The van der Waals surface area contributed by atoms with E-state index in [1.165, 1.54) is 6.21 Å². The first-order chi connectivity index (χ1) is 11.1. The molecule has 2 aromatic rings. The highest BCUT2D eigenvalue weighted by Gasteiger charge is 2.10. The number of carbonyl (C=O) groups excluding carboxylic acids is 1. The highest BCUT2D eigenvalue weighted by Crippen LogP contribution is 2.33. The molecule has 2 aromatic carbocycles. The van der Waals surface area contributed by atoms with Gasteiger partial charge in [0, 0.05) is 10.0 Å². The fraction of sp³-hybridized carbons (Fsp3) is 0.176. The van der Waals surface area contributed by atoms with E-state index < -0.39 is 0 Å². The molecule has 0 atom stereocenters. The topological polar surface area (TPSA) is 59.9 Å². The highest BCUT2D eigenvalue weighted by atomic mass is 79.9. The minimum Gasteiger partial charge on any atom is -0.493 e. The molecule has 0 unspecified atom stereocenters. The minimum absolute atomic E-state index is 0.187. The Labute approximate surface area is 143 Å². The lowest BCUT2D eigenvalue weighted by Gasteiger charge is -2.10. The quantitative estimate of drug-likeness (QED) is 0.622. The molecular weight excluding hydrogens is 360 g/mol. The van der Waals surface area contributed by atoms with E-state index in [2.05, 4.69) is 26.5 Å². The standard InChI is InChI=1S/C17H17BrN2O3/c1-22-15-10-14(18)9-13(17(15)23-2)11-19-20-16(21)8-12-6-4-3-5-7-12/h3-7,9-11H,8H2,1-2H3,(H,20,21)/b19-11-. The number of methoxy groups -OCH3 is 2. The molecule has 0 heterocycles. The smallest absolute Gasteiger partial charge is 0.244 e. The van der Waals surface area contributed by atoms with Crippen LogP contribution < -0.4 is 14.9 Å². The first kappa shape index (κ1) is 17.0. The highest BCUT2D eigenvalue weighted by molar-refractivity contribution is 9.10. The van der Waals surface area contributed by atoms with Crippen molar-refractivity contribution in [1.82, 2.24) is 5.43 Å².